The van der Waals surface area contributed by atoms with Crippen molar-refractivity contribution in [1.29, 1.82) is 0 Å². The van der Waals surface area contributed by atoms with Crippen molar-refractivity contribution in [2.45, 2.75) is 45.2 Å². The molecule has 0 amide bonds. The van der Waals surface area contributed by atoms with Gasteiger partial charge in [-0.2, -0.15) is 0 Å². The van der Waals surface area contributed by atoms with Gasteiger partial charge in [-0.15, -0.1) is 0 Å². The van der Waals surface area contributed by atoms with E-state index in [1.54, 1.807) is 0 Å². The lowest BCUT2D eigenvalue weighted by atomic mass is 10.1. The molecule has 2 rings (SSSR count). The number of aromatic amines is 1. The van der Waals surface area contributed by atoms with Gasteiger partial charge in [-0.1, -0.05) is 6.92 Å². The van der Waals surface area contributed by atoms with Crippen molar-refractivity contribution in [3.8, 4) is 0 Å². The van der Waals surface area contributed by atoms with E-state index in [-0.39, 0.29) is 0 Å². The van der Waals surface area contributed by atoms with Gasteiger partial charge >= 0.3 is 0 Å². The Hall–Kier alpha value is -0.830. The van der Waals surface area contributed by atoms with Crippen LogP contribution in [0.1, 0.15) is 45.0 Å². The van der Waals surface area contributed by atoms with Crippen LogP contribution < -0.4 is 5.32 Å². The standard InChI is InChI=1S/C11H19N3/c1-3-10(9-4-5-9)14-8(2)11-12-6-7-13-11/h6-10,14H,3-5H2,1-2H3,(H,12,13). The highest BCUT2D eigenvalue weighted by Gasteiger charge is 2.30. The van der Waals surface area contributed by atoms with Crippen LogP contribution in [0.25, 0.3) is 0 Å². The van der Waals surface area contributed by atoms with Crippen LogP contribution in [-0.4, -0.2) is 16.0 Å². The van der Waals surface area contributed by atoms with E-state index in [4.69, 9.17) is 0 Å². The molecule has 0 saturated heterocycles. The van der Waals surface area contributed by atoms with Gasteiger partial charge in [0.1, 0.15) is 5.82 Å². The first-order valence-corrected chi connectivity index (χ1v) is 5.56. The summed E-state index contributed by atoms with van der Waals surface area (Å²) < 4.78 is 0. The van der Waals surface area contributed by atoms with Crippen LogP contribution >= 0.6 is 0 Å². The third-order valence-corrected chi connectivity index (χ3v) is 3.02. The molecule has 1 heterocycles. The second-order valence-corrected chi connectivity index (χ2v) is 4.21. The number of H-pyrrole nitrogens is 1. The fourth-order valence-electron chi connectivity index (χ4n) is 2.00. The Kier molecular flexibility index (Phi) is 2.87. The highest BCUT2D eigenvalue weighted by Crippen LogP contribution is 2.34. The quantitative estimate of drug-likeness (QED) is 0.753. The van der Waals surface area contributed by atoms with Gasteiger partial charge in [0.15, 0.2) is 0 Å². The summed E-state index contributed by atoms with van der Waals surface area (Å²) in [6, 6.07) is 1.02. The number of hydrogen-bond acceptors (Lipinski definition) is 2. The minimum atomic E-state index is 0.343. The summed E-state index contributed by atoms with van der Waals surface area (Å²) in [6.07, 6.45) is 7.71. The van der Waals surface area contributed by atoms with Crippen molar-refractivity contribution in [3.63, 3.8) is 0 Å². The molecule has 2 atom stereocenters. The van der Waals surface area contributed by atoms with E-state index < -0.39 is 0 Å². The Morgan fingerprint density at radius 1 is 1.64 bits per heavy atom. The normalized spacial score (nSPS) is 20.7. The van der Waals surface area contributed by atoms with E-state index in [2.05, 4.69) is 29.1 Å². The number of hydrogen-bond donors (Lipinski definition) is 2. The van der Waals surface area contributed by atoms with E-state index in [9.17, 15) is 0 Å². The van der Waals surface area contributed by atoms with Gasteiger partial charge in [-0.05, 0) is 32.1 Å². The minimum Gasteiger partial charge on any atom is -0.347 e. The number of nitrogens with zero attached hydrogens (tertiary/aromatic N) is 1. The Balaban J connectivity index is 1.89. The van der Waals surface area contributed by atoms with E-state index in [1.807, 2.05) is 12.4 Å². The number of rotatable bonds is 5. The van der Waals surface area contributed by atoms with Gasteiger partial charge in [0, 0.05) is 18.4 Å². The van der Waals surface area contributed by atoms with Gasteiger partial charge in [0.2, 0.25) is 0 Å². The van der Waals surface area contributed by atoms with Crippen molar-refractivity contribution in [2.75, 3.05) is 0 Å². The van der Waals surface area contributed by atoms with Gasteiger partial charge in [0.05, 0.1) is 6.04 Å². The maximum atomic E-state index is 4.27. The highest BCUT2D eigenvalue weighted by atomic mass is 15.0. The average molecular weight is 193 g/mol. The van der Waals surface area contributed by atoms with Gasteiger partial charge in [-0.25, -0.2) is 4.98 Å². The van der Waals surface area contributed by atoms with Gasteiger partial charge in [0.25, 0.3) is 0 Å². The zero-order valence-electron chi connectivity index (χ0n) is 8.96. The van der Waals surface area contributed by atoms with E-state index in [0.29, 0.717) is 12.1 Å². The Morgan fingerprint density at radius 3 is 2.93 bits per heavy atom. The molecule has 78 valence electrons. The summed E-state index contributed by atoms with van der Waals surface area (Å²) >= 11 is 0. The topological polar surface area (TPSA) is 40.7 Å². The van der Waals surface area contributed by atoms with E-state index >= 15 is 0 Å². The number of aromatic nitrogens is 2. The first kappa shape index (κ1) is 9.71. The summed E-state index contributed by atoms with van der Waals surface area (Å²) in [5.74, 6) is 1.96. The first-order chi connectivity index (χ1) is 6.81. The SMILES string of the molecule is CCC(NC(C)c1ncc[nH]1)C1CC1. The van der Waals surface area contributed by atoms with Crippen LogP contribution in [0.2, 0.25) is 0 Å². The molecule has 1 saturated carbocycles. The molecule has 0 aliphatic heterocycles. The van der Waals surface area contributed by atoms with Crippen molar-refractivity contribution in [2.24, 2.45) is 5.92 Å². The second kappa shape index (κ2) is 4.13. The summed E-state index contributed by atoms with van der Waals surface area (Å²) in [4.78, 5) is 7.42. The molecule has 1 aliphatic rings. The van der Waals surface area contributed by atoms with Gasteiger partial charge < -0.3 is 10.3 Å². The van der Waals surface area contributed by atoms with Crippen molar-refractivity contribution in [1.82, 2.24) is 15.3 Å². The summed E-state index contributed by atoms with van der Waals surface area (Å²) in [6.45, 7) is 4.43. The molecule has 1 aromatic heterocycles. The molecule has 3 heteroatoms. The van der Waals surface area contributed by atoms with E-state index in [1.165, 1.54) is 19.3 Å². The van der Waals surface area contributed by atoms with Crippen LogP contribution in [0.15, 0.2) is 12.4 Å². The predicted octanol–water partition coefficient (Wildman–Crippen LogP) is 2.25. The van der Waals surface area contributed by atoms with Gasteiger partial charge in [-0.3, -0.25) is 0 Å². The summed E-state index contributed by atoms with van der Waals surface area (Å²) in [5.41, 5.74) is 0. The second-order valence-electron chi connectivity index (χ2n) is 4.21. The monoisotopic (exact) mass is 193 g/mol. The van der Waals surface area contributed by atoms with Crippen molar-refractivity contribution in [3.05, 3.63) is 18.2 Å². The summed E-state index contributed by atoms with van der Waals surface area (Å²) in [5, 5.41) is 3.64. The molecule has 0 spiro atoms. The lowest BCUT2D eigenvalue weighted by Gasteiger charge is -2.20. The fourth-order valence-corrected chi connectivity index (χ4v) is 2.00. The molecule has 0 aromatic carbocycles. The maximum Gasteiger partial charge on any atom is 0.122 e. The smallest absolute Gasteiger partial charge is 0.122 e. The predicted molar refractivity (Wildman–Crippen MR) is 56.9 cm³/mol. The lowest BCUT2D eigenvalue weighted by Crippen LogP contribution is -2.33. The van der Waals surface area contributed by atoms with Crippen LogP contribution in [0.5, 0.6) is 0 Å². The molecule has 1 aliphatic carbocycles. The van der Waals surface area contributed by atoms with Crippen LogP contribution in [0.4, 0.5) is 0 Å². The first-order valence-electron chi connectivity index (χ1n) is 5.56. The zero-order chi connectivity index (χ0) is 9.97. The molecule has 3 nitrogen and oxygen atoms in total. The lowest BCUT2D eigenvalue weighted by molar-refractivity contribution is 0.397. The third-order valence-electron chi connectivity index (χ3n) is 3.02. The maximum absolute atomic E-state index is 4.27. The molecule has 2 N–H and O–H groups in total. The minimum absolute atomic E-state index is 0.343. The van der Waals surface area contributed by atoms with E-state index in [0.717, 1.165) is 11.7 Å². The van der Waals surface area contributed by atoms with Crippen molar-refractivity contribution >= 4 is 0 Å². The van der Waals surface area contributed by atoms with Crippen molar-refractivity contribution < 1.29 is 0 Å². The Morgan fingerprint density at radius 2 is 2.43 bits per heavy atom. The zero-order valence-corrected chi connectivity index (χ0v) is 8.96. The Labute approximate surface area is 85.3 Å². The van der Waals surface area contributed by atoms with Crippen LogP contribution in [-0.2, 0) is 0 Å². The number of nitrogens with one attached hydrogen (secondary N) is 2. The molecule has 14 heavy (non-hydrogen) atoms. The van der Waals surface area contributed by atoms with Crippen LogP contribution in [0.3, 0.4) is 0 Å². The molecule has 1 aromatic rings. The Bertz CT molecular complexity index is 264. The highest BCUT2D eigenvalue weighted by molar-refractivity contribution is 4.96. The molecule has 1 fully saturated rings. The molecule has 2 unspecified atom stereocenters. The fraction of sp³-hybridized carbons (Fsp3) is 0.727. The average Bonchev–Trinajstić information content (AvgIpc) is 2.88. The third kappa shape index (κ3) is 2.15. The molecular weight excluding hydrogens is 174 g/mol. The molecular formula is C11H19N3. The summed E-state index contributed by atoms with van der Waals surface area (Å²) in [7, 11) is 0. The van der Waals surface area contributed by atoms with Crippen LogP contribution in [0, 0.1) is 5.92 Å². The molecule has 0 bridgehead atoms. The molecule has 0 radical (unpaired) electrons. The number of imidazole rings is 1. The largest absolute Gasteiger partial charge is 0.347 e.